The fraction of sp³-hybridized carbons (Fsp3) is 0.133. The molecule has 2 N–H and O–H groups in total. The third-order valence-corrected chi connectivity index (χ3v) is 4.04. The van der Waals surface area contributed by atoms with E-state index in [1.54, 1.807) is 11.3 Å². The topological polar surface area (TPSA) is 38.9 Å². The highest BCUT2D eigenvalue weighted by molar-refractivity contribution is 7.21. The van der Waals surface area contributed by atoms with E-state index >= 15 is 0 Å². The number of thiazole rings is 1. The highest BCUT2D eigenvalue weighted by atomic mass is 32.1. The molecule has 0 atom stereocenters. The summed E-state index contributed by atoms with van der Waals surface area (Å²) < 4.78 is 1.21. The molecule has 0 saturated carbocycles. The Morgan fingerprint density at radius 3 is 2.83 bits per heavy atom. The van der Waals surface area contributed by atoms with Crippen molar-refractivity contribution in [1.82, 2.24) is 4.98 Å². The van der Waals surface area contributed by atoms with Gasteiger partial charge >= 0.3 is 0 Å². The van der Waals surface area contributed by atoms with Crippen molar-refractivity contribution in [1.29, 1.82) is 0 Å². The van der Waals surface area contributed by atoms with Gasteiger partial charge < -0.3 is 5.73 Å². The van der Waals surface area contributed by atoms with Crippen molar-refractivity contribution < 1.29 is 0 Å². The first-order chi connectivity index (χ1) is 8.76. The van der Waals surface area contributed by atoms with Gasteiger partial charge in [0.05, 0.1) is 10.2 Å². The van der Waals surface area contributed by atoms with Crippen LogP contribution >= 0.6 is 11.3 Å². The average molecular weight is 254 g/mol. The Kier molecular flexibility index (Phi) is 2.86. The number of hydrogen-bond donors (Lipinski definition) is 1. The Balaban J connectivity index is 2.13. The summed E-state index contributed by atoms with van der Waals surface area (Å²) in [6.45, 7) is 2.66. The zero-order chi connectivity index (χ0) is 12.5. The Morgan fingerprint density at radius 1 is 1.17 bits per heavy atom. The largest absolute Gasteiger partial charge is 0.326 e. The van der Waals surface area contributed by atoms with E-state index < -0.39 is 0 Å². The molecule has 0 bridgehead atoms. The Bertz CT molecular complexity index is 701. The fourth-order valence-corrected chi connectivity index (χ4v) is 2.94. The maximum Gasteiger partial charge on any atom is 0.124 e. The second kappa shape index (κ2) is 4.52. The molecule has 0 aliphatic carbocycles. The minimum absolute atomic E-state index is 0.563. The zero-order valence-corrected chi connectivity index (χ0v) is 11.0. The van der Waals surface area contributed by atoms with Gasteiger partial charge in [-0.1, -0.05) is 29.8 Å². The van der Waals surface area contributed by atoms with Gasteiger partial charge in [-0.2, -0.15) is 0 Å². The van der Waals surface area contributed by atoms with Crippen molar-refractivity contribution in [3.05, 3.63) is 53.6 Å². The normalized spacial score (nSPS) is 11.0. The van der Waals surface area contributed by atoms with Crippen LogP contribution in [0.4, 0.5) is 0 Å². The lowest BCUT2D eigenvalue weighted by Gasteiger charge is -1.96. The van der Waals surface area contributed by atoms with Gasteiger partial charge in [-0.25, -0.2) is 4.98 Å². The molecule has 0 radical (unpaired) electrons. The minimum Gasteiger partial charge on any atom is -0.326 e. The van der Waals surface area contributed by atoms with Crippen molar-refractivity contribution in [3.63, 3.8) is 0 Å². The van der Waals surface area contributed by atoms with Gasteiger partial charge in [-0.05, 0) is 30.7 Å². The van der Waals surface area contributed by atoms with Gasteiger partial charge in [-0.15, -0.1) is 11.3 Å². The van der Waals surface area contributed by atoms with Crippen LogP contribution in [-0.4, -0.2) is 4.98 Å². The van der Waals surface area contributed by atoms with Crippen LogP contribution in [0, 0.1) is 6.92 Å². The standard InChI is InChI=1S/C15H14N2S/c1-10-3-2-4-12(7-10)15-17-13-8-11(9-16)5-6-14(13)18-15/h2-8H,9,16H2,1H3. The molecule has 3 rings (SSSR count). The molecule has 90 valence electrons. The van der Waals surface area contributed by atoms with Crippen LogP contribution in [0.25, 0.3) is 20.8 Å². The quantitative estimate of drug-likeness (QED) is 0.756. The lowest BCUT2D eigenvalue weighted by molar-refractivity contribution is 1.07. The van der Waals surface area contributed by atoms with E-state index in [0.29, 0.717) is 6.54 Å². The third kappa shape index (κ3) is 2.03. The molecule has 0 amide bonds. The molecule has 1 aromatic heterocycles. The Hall–Kier alpha value is -1.71. The van der Waals surface area contributed by atoms with Crippen LogP contribution in [0.2, 0.25) is 0 Å². The number of nitrogens with two attached hydrogens (primary N) is 1. The highest BCUT2D eigenvalue weighted by Crippen LogP contribution is 2.30. The highest BCUT2D eigenvalue weighted by Gasteiger charge is 2.06. The molecule has 18 heavy (non-hydrogen) atoms. The Labute approximate surface area is 110 Å². The van der Waals surface area contributed by atoms with Crippen LogP contribution < -0.4 is 5.73 Å². The number of fused-ring (bicyclic) bond motifs is 1. The molecule has 2 nitrogen and oxygen atoms in total. The van der Waals surface area contributed by atoms with Gasteiger partial charge in [0.1, 0.15) is 5.01 Å². The fourth-order valence-electron chi connectivity index (χ4n) is 2.00. The third-order valence-electron chi connectivity index (χ3n) is 2.95. The van der Waals surface area contributed by atoms with Gasteiger partial charge in [0, 0.05) is 12.1 Å². The molecule has 0 fully saturated rings. The van der Waals surface area contributed by atoms with E-state index in [9.17, 15) is 0 Å². The van der Waals surface area contributed by atoms with Gasteiger partial charge in [0.15, 0.2) is 0 Å². The average Bonchev–Trinajstić information content (AvgIpc) is 2.81. The summed E-state index contributed by atoms with van der Waals surface area (Å²) in [5.41, 5.74) is 10.3. The van der Waals surface area contributed by atoms with Gasteiger partial charge in [0.2, 0.25) is 0 Å². The van der Waals surface area contributed by atoms with E-state index in [0.717, 1.165) is 16.1 Å². The van der Waals surface area contributed by atoms with Gasteiger partial charge in [-0.3, -0.25) is 0 Å². The van der Waals surface area contributed by atoms with Crippen molar-refractivity contribution in [3.8, 4) is 10.6 Å². The lowest BCUT2D eigenvalue weighted by atomic mass is 10.1. The molecule has 3 aromatic rings. The van der Waals surface area contributed by atoms with Crippen LogP contribution in [0.5, 0.6) is 0 Å². The Morgan fingerprint density at radius 2 is 2.06 bits per heavy atom. The van der Waals surface area contributed by atoms with Crippen LogP contribution in [-0.2, 0) is 6.54 Å². The number of aryl methyl sites for hydroxylation is 1. The predicted molar refractivity (Wildman–Crippen MR) is 77.7 cm³/mol. The first-order valence-electron chi connectivity index (χ1n) is 5.93. The van der Waals surface area contributed by atoms with E-state index in [4.69, 9.17) is 10.7 Å². The summed E-state index contributed by atoms with van der Waals surface area (Å²) in [7, 11) is 0. The van der Waals surface area contributed by atoms with Crippen molar-refractivity contribution in [2.75, 3.05) is 0 Å². The molecule has 1 heterocycles. The van der Waals surface area contributed by atoms with Crippen molar-refractivity contribution in [2.24, 2.45) is 5.73 Å². The molecular formula is C15H14N2S. The smallest absolute Gasteiger partial charge is 0.124 e. The number of nitrogens with zero attached hydrogens (tertiary/aromatic N) is 1. The number of hydrogen-bond acceptors (Lipinski definition) is 3. The first-order valence-corrected chi connectivity index (χ1v) is 6.74. The summed E-state index contributed by atoms with van der Waals surface area (Å²) in [6, 6.07) is 14.7. The SMILES string of the molecule is Cc1cccc(-c2nc3cc(CN)ccc3s2)c1. The van der Waals surface area contributed by atoms with Crippen LogP contribution in [0.15, 0.2) is 42.5 Å². The van der Waals surface area contributed by atoms with Gasteiger partial charge in [0.25, 0.3) is 0 Å². The molecule has 0 aliphatic rings. The molecule has 0 unspecified atom stereocenters. The number of aromatic nitrogens is 1. The molecule has 3 heteroatoms. The molecular weight excluding hydrogens is 240 g/mol. The molecule has 2 aromatic carbocycles. The summed E-state index contributed by atoms with van der Waals surface area (Å²) in [6.07, 6.45) is 0. The maximum atomic E-state index is 5.65. The summed E-state index contributed by atoms with van der Waals surface area (Å²) in [5.74, 6) is 0. The van der Waals surface area contributed by atoms with Crippen LogP contribution in [0.1, 0.15) is 11.1 Å². The maximum absolute atomic E-state index is 5.65. The number of benzene rings is 2. The summed E-state index contributed by atoms with van der Waals surface area (Å²) in [4.78, 5) is 4.70. The van der Waals surface area contributed by atoms with E-state index in [1.807, 2.05) is 0 Å². The van der Waals surface area contributed by atoms with Crippen molar-refractivity contribution >= 4 is 21.6 Å². The molecule has 0 spiro atoms. The van der Waals surface area contributed by atoms with Crippen LogP contribution in [0.3, 0.4) is 0 Å². The van der Waals surface area contributed by atoms with Crippen molar-refractivity contribution in [2.45, 2.75) is 13.5 Å². The summed E-state index contributed by atoms with van der Waals surface area (Å²) in [5, 5.41) is 1.07. The second-order valence-corrected chi connectivity index (χ2v) is 5.43. The lowest BCUT2D eigenvalue weighted by Crippen LogP contribution is -1.94. The number of rotatable bonds is 2. The summed E-state index contributed by atoms with van der Waals surface area (Å²) >= 11 is 1.73. The monoisotopic (exact) mass is 254 g/mol. The van der Waals surface area contributed by atoms with E-state index in [-0.39, 0.29) is 0 Å². The minimum atomic E-state index is 0.563. The van der Waals surface area contributed by atoms with E-state index in [1.165, 1.54) is 15.8 Å². The molecule has 0 aliphatic heterocycles. The first kappa shape index (κ1) is 11.4. The zero-order valence-electron chi connectivity index (χ0n) is 10.2. The second-order valence-electron chi connectivity index (χ2n) is 4.39. The van der Waals surface area contributed by atoms with E-state index in [2.05, 4.69) is 49.4 Å². The molecule has 0 saturated heterocycles. The predicted octanol–water partition coefficient (Wildman–Crippen LogP) is 3.73.